The van der Waals surface area contributed by atoms with Crippen molar-refractivity contribution in [2.75, 3.05) is 29.9 Å². The Morgan fingerprint density at radius 2 is 1.65 bits per heavy atom. The first-order valence-electron chi connectivity index (χ1n) is 9.10. The highest BCUT2D eigenvalue weighted by Crippen LogP contribution is 2.25. The molecule has 2 fully saturated rings. The molecular weight excluding hydrogens is 286 g/mol. The Hall–Kier alpha value is -1.26. The van der Waals surface area contributed by atoms with Gasteiger partial charge in [-0.2, -0.15) is 0 Å². The van der Waals surface area contributed by atoms with Gasteiger partial charge in [-0.05, 0) is 69.7 Å². The fourth-order valence-electron chi connectivity index (χ4n) is 3.83. The van der Waals surface area contributed by atoms with E-state index in [-0.39, 0.29) is 0 Å². The van der Waals surface area contributed by atoms with Gasteiger partial charge in [0, 0.05) is 37.1 Å². The van der Waals surface area contributed by atoms with Gasteiger partial charge in [0.2, 0.25) is 0 Å². The second-order valence-electron chi connectivity index (χ2n) is 7.37. The van der Waals surface area contributed by atoms with Crippen molar-refractivity contribution in [2.45, 2.75) is 57.8 Å². The summed E-state index contributed by atoms with van der Waals surface area (Å²) in [6.07, 6.45) is 5.48. The van der Waals surface area contributed by atoms with Gasteiger partial charge in [0.15, 0.2) is 0 Å². The summed E-state index contributed by atoms with van der Waals surface area (Å²) in [7, 11) is 0. The minimum Gasteiger partial charge on any atom is -0.385 e. The van der Waals surface area contributed by atoms with Crippen LogP contribution in [-0.2, 0) is 4.74 Å². The van der Waals surface area contributed by atoms with E-state index in [9.17, 15) is 0 Å². The standard InChI is InChI=1S/C19H31N3O/c1-14-12-22(13-15(2)23-14)19-9-7-18(8-10-19)21-11-16-3-5-17(20)6-4-16/h7-10,14-17,21H,3-6,11-13,20H2,1-2H3/t14-,15+,16?,17?. The van der Waals surface area contributed by atoms with Gasteiger partial charge in [0.25, 0.3) is 0 Å². The van der Waals surface area contributed by atoms with Crippen LogP contribution < -0.4 is 16.0 Å². The summed E-state index contributed by atoms with van der Waals surface area (Å²) in [6, 6.07) is 9.29. The topological polar surface area (TPSA) is 50.5 Å². The molecule has 1 heterocycles. The Balaban J connectivity index is 1.51. The molecule has 0 unspecified atom stereocenters. The van der Waals surface area contributed by atoms with E-state index in [0.29, 0.717) is 18.2 Å². The SMILES string of the molecule is C[C@@H]1CN(c2ccc(NCC3CCC(N)CC3)cc2)C[C@H](C)O1. The van der Waals surface area contributed by atoms with Crippen molar-refractivity contribution in [2.24, 2.45) is 11.7 Å². The van der Waals surface area contributed by atoms with Gasteiger partial charge in [-0.1, -0.05) is 0 Å². The van der Waals surface area contributed by atoms with Gasteiger partial charge in [-0.25, -0.2) is 0 Å². The highest BCUT2D eigenvalue weighted by atomic mass is 16.5. The normalized spacial score (nSPS) is 31.9. The summed E-state index contributed by atoms with van der Waals surface area (Å²) in [5, 5.41) is 3.59. The number of morpholine rings is 1. The third-order valence-electron chi connectivity index (χ3n) is 5.14. The monoisotopic (exact) mass is 317 g/mol. The molecule has 1 aliphatic heterocycles. The van der Waals surface area contributed by atoms with Gasteiger partial charge in [0.05, 0.1) is 12.2 Å². The third kappa shape index (κ3) is 4.61. The molecule has 1 aromatic rings. The number of rotatable bonds is 4. The third-order valence-corrected chi connectivity index (χ3v) is 5.14. The average Bonchev–Trinajstić information content (AvgIpc) is 2.54. The Morgan fingerprint density at radius 3 is 2.26 bits per heavy atom. The lowest BCUT2D eigenvalue weighted by molar-refractivity contribution is -0.00521. The van der Waals surface area contributed by atoms with Crippen molar-refractivity contribution < 1.29 is 4.74 Å². The quantitative estimate of drug-likeness (QED) is 0.895. The van der Waals surface area contributed by atoms with Crippen LogP contribution in [0.5, 0.6) is 0 Å². The van der Waals surface area contributed by atoms with Crippen LogP contribution in [0.1, 0.15) is 39.5 Å². The molecule has 2 atom stereocenters. The Labute approximate surface area is 140 Å². The molecule has 1 saturated carbocycles. The van der Waals surface area contributed by atoms with Crippen LogP contribution in [-0.4, -0.2) is 37.9 Å². The van der Waals surface area contributed by atoms with E-state index in [4.69, 9.17) is 10.5 Å². The van der Waals surface area contributed by atoms with Crippen molar-refractivity contribution in [3.8, 4) is 0 Å². The van der Waals surface area contributed by atoms with Gasteiger partial charge < -0.3 is 20.7 Å². The smallest absolute Gasteiger partial charge is 0.0726 e. The lowest BCUT2D eigenvalue weighted by atomic mass is 9.86. The largest absolute Gasteiger partial charge is 0.385 e. The van der Waals surface area contributed by atoms with Crippen molar-refractivity contribution in [3.63, 3.8) is 0 Å². The highest BCUT2D eigenvalue weighted by molar-refractivity contribution is 5.55. The molecule has 1 aliphatic carbocycles. The fraction of sp³-hybridized carbons (Fsp3) is 0.684. The van der Waals surface area contributed by atoms with E-state index in [1.165, 1.54) is 37.1 Å². The molecule has 1 aromatic carbocycles. The van der Waals surface area contributed by atoms with E-state index >= 15 is 0 Å². The minimum atomic E-state index is 0.300. The van der Waals surface area contributed by atoms with Crippen molar-refractivity contribution in [1.29, 1.82) is 0 Å². The Morgan fingerprint density at radius 1 is 1.04 bits per heavy atom. The molecule has 1 saturated heterocycles. The number of hydrogen-bond acceptors (Lipinski definition) is 4. The maximum atomic E-state index is 5.98. The van der Waals surface area contributed by atoms with Crippen molar-refractivity contribution >= 4 is 11.4 Å². The zero-order valence-corrected chi connectivity index (χ0v) is 14.5. The lowest BCUT2D eigenvalue weighted by Crippen LogP contribution is -2.45. The zero-order chi connectivity index (χ0) is 16.2. The lowest BCUT2D eigenvalue weighted by Gasteiger charge is -2.37. The van der Waals surface area contributed by atoms with E-state index in [1.807, 2.05) is 0 Å². The maximum absolute atomic E-state index is 5.98. The second kappa shape index (κ2) is 7.54. The van der Waals surface area contributed by atoms with Gasteiger partial charge >= 0.3 is 0 Å². The summed E-state index contributed by atoms with van der Waals surface area (Å²) >= 11 is 0. The molecule has 0 bridgehead atoms. The average molecular weight is 317 g/mol. The summed E-state index contributed by atoms with van der Waals surface area (Å²) in [6.45, 7) is 7.31. The Bertz CT molecular complexity index is 472. The van der Waals surface area contributed by atoms with Crippen LogP contribution in [0.15, 0.2) is 24.3 Å². The molecule has 2 aliphatic rings. The molecule has 4 heteroatoms. The Kier molecular flexibility index (Phi) is 5.44. The number of benzene rings is 1. The van der Waals surface area contributed by atoms with Crippen LogP contribution >= 0.6 is 0 Å². The van der Waals surface area contributed by atoms with Gasteiger partial charge in [-0.15, -0.1) is 0 Å². The molecule has 23 heavy (non-hydrogen) atoms. The zero-order valence-electron chi connectivity index (χ0n) is 14.5. The first-order chi connectivity index (χ1) is 11.1. The van der Waals surface area contributed by atoms with E-state index in [1.54, 1.807) is 0 Å². The molecule has 3 N–H and O–H groups in total. The highest BCUT2D eigenvalue weighted by Gasteiger charge is 2.22. The second-order valence-corrected chi connectivity index (χ2v) is 7.37. The number of hydrogen-bond donors (Lipinski definition) is 2. The minimum absolute atomic E-state index is 0.300. The van der Waals surface area contributed by atoms with Crippen LogP contribution in [0.2, 0.25) is 0 Å². The van der Waals surface area contributed by atoms with Crippen LogP contribution in [0.4, 0.5) is 11.4 Å². The predicted octanol–water partition coefficient (Wildman–Crippen LogP) is 3.23. The summed E-state index contributed by atoms with van der Waals surface area (Å²) < 4.78 is 5.81. The van der Waals surface area contributed by atoms with Crippen LogP contribution in [0, 0.1) is 5.92 Å². The summed E-state index contributed by atoms with van der Waals surface area (Å²) in [5.74, 6) is 0.774. The molecule has 3 rings (SSSR count). The molecule has 0 aromatic heterocycles. The molecule has 128 valence electrons. The molecular formula is C19H31N3O. The van der Waals surface area contributed by atoms with Crippen LogP contribution in [0.3, 0.4) is 0 Å². The number of nitrogens with two attached hydrogens (primary N) is 1. The maximum Gasteiger partial charge on any atom is 0.0726 e. The van der Waals surface area contributed by atoms with Crippen LogP contribution in [0.25, 0.3) is 0 Å². The first kappa shape index (κ1) is 16.6. The molecule has 0 amide bonds. The summed E-state index contributed by atoms with van der Waals surface area (Å²) in [4.78, 5) is 2.42. The van der Waals surface area contributed by atoms with E-state index < -0.39 is 0 Å². The fourth-order valence-corrected chi connectivity index (χ4v) is 3.83. The molecule has 4 nitrogen and oxygen atoms in total. The molecule has 0 radical (unpaired) electrons. The number of nitrogens with zero attached hydrogens (tertiary/aromatic N) is 1. The number of anilines is 2. The number of ether oxygens (including phenoxy) is 1. The van der Waals surface area contributed by atoms with Crippen molar-refractivity contribution in [3.05, 3.63) is 24.3 Å². The van der Waals surface area contributed by atoms with E-state index in [2.05, 4.69) is 48.3 Å². The summed E-state index contributed by atoms with van der Waals surface area (Å²) in [5.41, 5.74) is 8.49. The predicted molar refractivity (Wildman–Crippen MR) is 97.1 cm³/mol. The van der Waals surface area contributed by atoms with E-state index in [0.717, 1.165) is 25.6 Å². The van der Waals surface area contributed by atoms with Crippen molar-refractivity contribution in [1.82, 2.24) is 0 Å². The molecule has 0 spiro atoms. The van der Waals surface area contributed by atoms with Gasteiger partial charge in [-0.3, -0.25) is 0 Å². The first-order valence-corrected chi connectivity index (χ1v) is 9.10. The number of nitrogens with one attached hydrogen (secondary N) is 1. The van der Waals surface area contributed by atoms with Gasteiger partial charge in [0.1, 0.15) is 0 Å².